The summed E-state index contributed by atoms with van der Waals surface area (Å²) in [5.74, 6) is -0.289. The molecule has 0 aliphatic carbocycles. The number of aromatic nitrogens is 2. The maximum atomic E-state index is 12.6. The second kappa shape index (κ2) is 7.79. The summed E-state index contributed by atoms with van der Waals surface area (Å²) in [5, 5.41) is 10.3. The van der Waals surface area contributed by atoms with Gasteiger partial charge in [-0.25, -0.2) is 8.42 Å². The summed E-state index contributed by atoms with van der Waals surface area (Å²) in [7, 11) is -3.96. The Labute approximate surface area is 167 Å². The molecule has 29 heavy (non-hydrogen) atoms. The van der Waals surface area contributed by atoms with Crippen LogP contribution in [0, 0.1) is 0 Å². The minimum Gasteiger partial charge on any atom is -0.326 e. The highest BCUT2D eigenvalue weighted by Crippen LogP contribution is 2.32. The van der Waals surface area contributed by atoms with Gasteiger partial charge in [0, 0.05) is 18.2 Å². The van der Waals surface area contributed by atoms with Crippen molar-refractivity contribution in [2.45, 2.75) is 18.0 Å². The van der Waals surface area contributed by atoms with E-state index in [4.69, 9.17) is 0 Å². The molecule has 1 aromatic heterocycles. The van der Waals surface area contributed by atoms with Crippen molar-refractivity contribution in [2.75, 3.05) is 10.0 Å². The predicted molar refractivity (Wildman–Crippen MR) is 102 cm³/mol. The Morgan fingerprint density at radius 3 is 2.17 bits per heavy atom. The Hall–Kier alpha value is -2.99. The van der Waals surface area contributed by atoms with Crippen LogP contribution in [-0.4, -0.2) is 24.5 Å². The third-order valence-corrected chi connectivity index (χ3v) is 5.96. The number of nitrogens with zero attached hydrogens (tertiary/aromatic N) is 2. The van der Waals surface area contributed by atoms with Crippen molar-refractivity contribution >= 4 is 38.1 Å². The zero-order chi connectivity index (χ0) is 21.2. The Balaban J connectivity index is 1.76. The van der Waals surface area contributed by atoms with Crippen LogP contribution in [0.3, 0.4) is 0 Å². The van der Waals surface area contributed by atoms with E-state index in [0.29, 0.717) is 11.3 Å². The number of rotatable bonds is 5. The van der Waals surface area contributed by atoms with Crippen LogP contribution in [0.25, 0.3) is 10.6 Å². The number of benzene rings is 2. The molecule has 2 N–H and O–H groups in total. The highest BCUT2D eigenvalue weighted by atomic mass is 32.2. The number of halogens is 3. The van der Waals surface area contributed by atoms with E-state index in [-0.39, 0.29) is 20.9 Å². The first kappa shape index (κ1) is 20.7. The van der Waals surface area contributed by atoms with Gasteiger partial charge in [0.25, 0.3) is 10.0 Å². The zero-order valence-corrected chi connectivity index (χ0v) is 16.3. The summed E-state index contributed by atoms with van der Waals surface area (Å²) < 4.78 is 65.1. The number of carbonyl (C=O) groups excluding carboxylic acids is 1. The van der Waals surface area contributed by atoms with E-state index in [1.165, 1.54) is 43.3 Å². The van der Waals surface area contributed by atoms with Gasteiger partial charge in [-0.1, -0.05) is 23.5 Å². The molecule has 3 rings (SSSR count). The smallest absolute Gasteiger partial charge is 0.326 e. The topological polar surface area (TPSA) is 101 Å². The summed E-state index contributed by atoms with van der Waals surface area (Å²) in [5.41, 5.74) is 0.0203. The van der Waals surface area contributed by atoms with Crippen molar-refractivity contribution < 1.29 is 26.4 Å². The fourth-order valence-electron chi connectivity index (χ4n) is 2.28. The Morgan fingerprint density at radius 1 is 1.00 bits per heavy atom. The molecule has 0 saturated carbocycles. The fraction of sp³-hybridized carbons (Fsp3) is 0.118. The van der Waals surface area contributed by atoms with E-state index in [1.807, 2.05) is 0 Å². The normalized spacial score (nSPS) is 11.9. The van der Waals surface area contributed by atoms with Crippen molar-refractivity contribution in [2.24, 2.45) is 0 Å². The highest BCUT2D eigenvalue weighted by molar-refractivity contribution is 7.93. The highest BCUT2D eigenvalue weighted by Gasteiger charge is 2.30. The Morgan fingerprint density at radius 2 is 1.62 bits per heavy atom. The molecule has 2 aromatic carbocycles. The molecule has 12 heteroatoms. The molecule has 0 radical (unpaired) electrons. The van der Waals surface area contributed by atoms with Gasteiger partial charge in [-0.3, -0.25) is 9.52 Å². The lowest BCUT2D eigenvalue weighted by molar-refractivity contribution is -0.137. The van der Waals surface area contributed by atoms with Gasteiger partial charge in [0.15, 0.2) is 0 Å². The average molecular weight is 442 g/mol. The molecule has 0 bridgehead atoms. The molecule has 0 fully saturated rings. The molecule has 152 valence electrons. The van der Waals surface area contributed by atoms with Gasteiger partial charge in [0.2, 0.25) is 11.0 Å². The number of anilines is 2. The number of amides is 1. The van der Waals surface area contributed by atoms with Crippen molar-refractivity contribution in [1.29, 1.82) is 0 Å². The van der Waals surface area contributed by atoms with Gasteiger partial charge < -0.3 is 5.32 Å². The summed E-state index contributed by atoms with van der Waals surface area (Å²) >= 11 is 0.882. The number of hydrogen-bond acceptors (Lipinski definition) is 6. The third kappa shape index (κ3) is 5.09. The van der Waals surface area contributed by atoms with Gasteiger partial charge in [-0.2, -0.15) is 13.2 Å². The molecule has 1 amide bonds. The van der Waals surface area contributed by atoms with Crippen LogP contribution in [0.5, 0.6) is 0 Å². The molecule has 0 unspecified atom stereocenters. The van der Waals surface area contributed by atoms with E-state index in [2.05, 4.69) is 20.2 Å². The number of sulfonamides is 1. The molecule has 0 spiro atoms. The molecule has 3 aromatic rings. The molecule has 0 atom stereocenters. The molecular formula is C17H13F3N4O3S2. The van der Waals surface area contributed by atoms with Gasteiger partial charge >= 0.3 is 6.18 Å². The summed E-state index contributed by atoms with van der Waals surface area (Å²) in [6.45, 7) is 1.33. The predicted octanol–water partition coefficient (Wildman–Crippen LogP) is 3.98. The summed E-state index contributed by atoms with van der Waals surface area (Å²) in [4.78, 5) is 11.0. The van der Waals surface area contributed by atoms with Gasteiger partial charge in [0.05, 0.1) is 10.5 Å². The third-order valence-electron chi connectivity index (χ3n) is 3.59. The number of alkyl halides is 3. The van der Waals surface area contributed by atoms with Gasteiger partial charge in [-0.15, -0.1) is 10.2 Å². The largest absolute Gasteiger partial charge is 0.416 e. The SMILES string of the molecule is CC(=O)Nc1ccc(S(=O)(=O)Nc2nnc(-c3ccc(C(F)(F)F)cc3)s2)cc1. The number of hydrogen-bond donors (Lipinski definition) is 2. The minimum atomic E-state index is -4.45. The fourth-order valence-corrected chi connectivity index (χ4v) is 4.26. The first-order chi connectivity index (χ1) is 13.5. The standard InChI is InChI=1S/C17H13F3N4O3S2/c1-10(25)21-13-6-8-14(9-7-13)29(26,27)24-16-23-22-15(28-16)11-2-4-12(5-3-11)17(18,19)20/h2-9H,1H3,(H,21,25)(H,23,24). The number of carbonyl (C=O) groups is 1. The van der Waals surface area contributed by atoms with E-state index in [0.717, 1.165) is 23.5 Å². The molecule has 7 nitrogen and oxygen atoms in total. The van der Waals surface area contributed by atoms with Crippen LogP contribution in [-0.2, 0) is 21.0 Å². The average Bonchev–Trinajstić information content (AvgIpc) is 3.09. The van der Waals surface area contributed by atoms with Gasteiger partial charge in [-0.05, 0) is 36.4 Å². The first-order valence-corrected chi connectivity index (χ1v) is 10.3. The van der Waals surface area contributed by atoms with E-state index in [1.54, 1.807) is 0 Å². The van der Waals surface area contributed by atoms with Crippen LogP contribution in [0.4, 0.5) is 24.0 Å². The molecular weight excluding hydrogens is 429 g/mol. The lowest BCUT2D eigenvalue weighted by Gasteiger charge is -2.06. The van der Waals surface area contributed by atoms with Crippen LogP contribution in [0.15, 0.2) is 53.4 Å². The molecule has 0 aliphatic heterocycles. The van der Waals surface area contributed by atoms with Gasteiger partial charge in [0.1, 0.15) is 5.01 Å². The lowest BCUT2D eigenvalue weighted by atomic mass is 10.1. The maximum Gasteiger partial charge on any atom is 0.416 e. The first-order valence-electron chi connectivity index (χ1n) is 7.96. The zero-order valence-electron chi connectivity index (χ0n) is 14.7. The number of nitrogens with one attached hydrogen (secondary N) is 2. The van der Waals surface area contributed by atoms with Crippen LogP contribution in [0.2, 0.25) is 0 Å². The van der Waals surface area contributed by atoms with Crippen LogP contribution < -0.4 is 10.0 Å². The second-order valence-corrected chi connectivity index (χ2v) is 8.46. The van der Waals surface area contributed by atoms with Crippen molar-refractivity contribution in [3.05, 3.63) is 54.1 Å². The van der Waals surface area contributed by atoms with Crippen molar-refractivity contribution in [3.8, 4) is 10.6 Å². The monoisotopic (exact) mass is 442 g/mol. The summed E-state index contributed by atoms with van der Waals surface area (Å²) in [6, 6.07) is 9.80. The van der Waals surface area contributed by atoms with E-state index >= 15 is 0 Å². The van der Waals surface area contributed by atoms with Crippen LogP contribution >= 0.6 is 11.3 Å². The maximum absolute atomic E-state index is 12.6. The second-order valence-electron chi connectivity index (χ2n) is 5.80. The Bertz CT molecular complexity index is 1130. The quantitative estimate of drug-likeness (QED) is 0.622. The minimum absolute atomic E-state index is 0.0363. The lowest BCUT2D eigenvalue weighted by Crippen LogP contribution is -2.13. The van der Waals surface area contributed by atoms with E-state index in [9.17, 15) is 26.4 Å². The molecule has 0 aliphatic rings. The van der Waals surface area contributed by atoms with Crippen molar-refractivity contribution in [1.82, 2.24) is 10.2 Å². The molecule has 0 saturated heterocycles. The van der Waals surface area contributed by atoms with Crippen LogP contribution in [0.1, 0.15) is 12.5 Å². The molecule has 1 heterocycles. The summed E-state index contributed by atoms with van der Waals surface area (Å²) in [6.07, 6.45) is -4.45. The Kier molecular flexibility index (Phi) is 5.57. The van der Waals surface area contributed by atoms with E-state index < -0.39 is 21.8 Å². The van der Waals surface area contributed by atoms with Crippen molar-refractivity contribution in [3.63, 3.8) is 0 Å².